The molecule has 0 nitrogen and oxygen atoms in total. The molecule has 0 saturated heterocycles. The van der Waals surface area contributed by atoms with Crippen molar-refractivity contribution >= 4 is 16.3 Å². The zero-order valence-electron chi connectivity index (χ0n) is 11.4. The Bertz CT molecular complexity index is 785. The molecule has 0 aromatic heterocycles. The van der Waals surface area contributed by atoms with Gasteiger partial charge in [-0.25, -0.2) is 0 Å². The van der Waals surface area contributed by atoms with Crippen molar-refractivity contribution in [2.24, 2.45) is 0 Å². The molecule has 0 bridgehead atoms. The van der Waals surface area contributed by atoms with Crippen LogP contribution in [0.2, 0.25) is 0 Å². The maximum atomic E-state index is 13.4. The van der Waals surface area contributed by atoms with E-state index in [1.54, 1.807) is 6.07 Å². The third-order valence-electron chi connectivity index (χ3n) is 3.55. The van der Waals surface area contributed by atoms with Gasteiger partial charge in [0.05, 0.1) is 0 Å². The lowest BCUT2D eigenvalue weighted by Crippen LogP contribution is -1.92. The molecule has 0 aliphatic carbocycles. The molecule has 2 heteroatoms. The van der Waals surface area contributed by atoms with Crippen LogP contribution in [0.3, 0.4) is 0 Å². The average molecular weight is 280 g/mol. The van der Waals surface area contributed by atoms with E-state index in [4.69, 9.17) is 0 Å². The smallest absolute Gasteiger partial charge is 0.173 e. The summed E-state index contributed by atoms with van der Waals surface area (Å²) in [4.78, 5) is 0. The summed E-state index contributed by atoms with van der Waals surface area (Å²) in [5.74, 6) is 0. The topological polar surface area (TPSA) is 0 Å². The molecule has 0 N–H and O–H groups in total. The number of hydrogen-bond acceptors (Lipinski definition) is 0. The van der Waals surface area contributed by atoms with Gasteiger partial charge < -0.3 is 0 Å². The molecular weight excluding hydrogens is 266 g/mol. The Morgan fingerprint density at radius 3 is 2.10 bits per heavy atom. The highest BCUT2D eigenvalue weighted by Gasteiger charge is 2.11. The Balaban J connectivity index is 2.02. The highest BCUT2D eigenvalue weighted by Crippen LogP contribution is 2.27. The van der Waals surface area contributed by atoms with Gasteiger partial charge in [-0.3, -0.25) is 0 Å². The van der Waals surface area contributed by atoms with Gasteiger partial charge in [0.2, 0.25) is 0 Å². The Morgan fingerprint density at radius 1 is 0.714 bits per heavy atom. The van der Waals surface area contributed by atoms with E-state index in [1.165, 1.54) is 0 Å². The van der Waals surface area contributed by atoms with E-state index in [-0.39, 0.29) is 12.0 Å². The zero-order chi connectivity index (χ0) is 14.7. The van der Waals surface area contributed by atoms with Crippen molar-refractivity contribution in [3.05, 3.63) is 90.0 Å². The van der Waals surface area contributed by atoms with Crippen LogP contribution in [0.15, 0.2) is 78.9 Å². The van der Waals surface area contributed by atoms with Crippen molar-refractivity contribution < 1.29 is 8.78 Å². The molecule has 3 aromatic carbocycles. The summed E-state index contributed by atoms with van der Waals surface area (Å²) >= 11 is 0. The van der Waals surface area contributed by atoms with E-state index >= 15 is 0 Å². The predicted molar refractivity (Wildman–Crippen MR) is 83.2 cm³/mol. The van der Waals surface area contributed by atoms with Gasteiger partial charge in [0.25, 0.3) is 6.08 Å². The summed E-state index contributed by atoms with van der Waals surface area (Å²) in [5.41, 5.74) is 1.55. The molecule has 21 heavy (non-hydrogen) atoms. The number of allylic oxidation sites excluding steroid dienone is 1. The lowest BCUT2D eigenvalue weighted by Gasteiger charge is -2.08. The molecule has 0 fully saturated rings. The second-order valence-electron chi connectivity index (χ2n) is 4.96. The third kappa shape index (κ3) is 3.00. The van der Waals surface area contributed by atoms with Gasteiger partial charge in [0.1, 0.15) is 0 Å². The van der Waals surface area contributed by atoms with Crippen molar-refractivity contribution in [1.29, 1.82) is 0 Å². The van der Waals surface area contributed by atoms with Crippen LogP contribution in [-0.4, -0.2) is 0 Å². The summed E-state index contributed by atoms with van der Waals surface area (Å²) in [6.07, 6.45) is -1.38. The lowest BCUT2D eigenvalue weighted by atomic mass is 9.97. The predicted octanol–water partition coefficient (Wildman–Crippen LogP) is 5.69. The van der Waals surface area contributed by atoms with Crippen LogP contribution in [0.4, 0.5) is 8.78 Å². The van der Waals surface area contributed by atoms with E-state index in [2.05, 4.69) is 0 Å². The average Bonchev–Trinajstić information content (AvgIpc) is 2.53. The molecule has 0 radical (unpaired) electrons. The maximum Gasteiger partial charge on any atom is 0.274 e. The molecule has 0 atom stereocenters. The summed E-state index contributed by atoms with van der Waals surface area (Å²) in [7, 11) is 0. The summed E-state index contributed by atoms with van der Waals surface area (Å²) in [5, 5.41) is 2.03. The van der Waals surface area contributed by atoms with Crippen LogP contribution in [-0.2, 0) is 6.42 Å². The van der Waals surface area contributed by atoms with Crippen LogP contribution in [0.5, 0.6) is 0 Å². The lowest BCUT2D eigenvalue weighted by molar-refractivity contribution is 0.424. The van der Waals surface area contributed by atoms with Crippen LogP contribution >= 0.6 is 0 Å². The summed E-state index contributed by atoms with van der Waals surface area (Å²) < 4.78 is 26.7. The first kappa shape index (κ1) is 13.5. The van der Waals surface area contributed by atoms with Crippen LogP contribution < -0.4 is 0 Å². The SMILES string of the molecule is FC(F)=C(Cc1ccccc1)c1ccc2ccccc2c1. The van der Waals surface area contributed by atoms with Gasteiger partial charge in [0.15, 0.2) is 0 Å². The third-order valence-corrected chi connectivity index (χ3v) is 3.55. The minimum absolute atomic E-state index is 0.0898. The maximum absolute atomic E-state index is 13.4. The van der Waals surface area contributed by atoms with E-state index in [1.807, 2.05) is 66.7 Å². The second-order valence-corrected chi connectivity index (χ2v) is 4.96. The zero-order valence-corrected chi connectivity index (χ0v) is 11.4. The van der Waals surface area contributed by atoms with Crippen molar-refractivity contribution in [3.63, 3.8) is 0 Å². The highest BCUT2D eigenvalue weighted by molar-refractivity contribution is 5.86. The quantitative estimate of drug-likeness (QED) is 0.578. The van der Waals surface area contributed by atoms with E-state index in [9.17, 15) is 8.78 Å². The molecule has 3 rings (SSSR count). The van der Waals surface area contributed by atoms with Gasteiger partial charge in [0, 0.05) is 12.0 Å². The molecule has 0 heterocycles. The van der Waals surface area contributed by atoms with Crippen molar-refractivity contribution in [2.75, 3.05) is 0 Å². The van der Waals surface area contributed by atoms with E-state index in [0.29, 0.717) is 5.56 Å². The number of halogens is 2. The molecular formula is C19H14F2. The van der Waals surface area contributed by atoms with Gasteiger partial charge >= 0.3 is 0 Å². The Kier molecular flexibility index (Phi) is 3.78. The second kappa shape index (κ2) is 5.88. The first-order valence-electron chi connectivity index (χ1n) is 6.81. The minimum atomic E-state index is -1.62. The van der Waals surface area contributed by atoms with Crippen LogP contribution in [0, 0.1) is 0 Å². The molecule has 0 spiro atoms. The van der Waals surface area contributed by atoms with Crippen molar-refractivity contribution in [1.82, 2.24) is 0 Å². The number of rotatable bonds is 3. The number of benzene rings is 3. The Hall–Kier alpha value is -2.48. The molecule has 0 amide bonds. The van der Waals surface area contributed by atoms with Crippen molar-refractivity contribution in [3.8, 4) is 0 Å². The van der Waals surface area contributed by atoms with E-state index in [0.717, 1.165) is 16.3 Å². The molecule has 3 aromatic rings. The number of fused-ring (bicyclic) bond motifs is 1. The minimum Gasteiger partial charge on any atom is -0.173 e. The molecule has 0 aliphatic rings. The Morgan fingerprint density at radius 2 is 1.38 bits per heavy atom. The van der Waals surface area contributed by atoms with Gasteiger partial charge in [-0.15, -0.1) is 0 Å². The summed E-state index contributed by atoms with van der Waals surface area (Å²) in [6.45, 7) is 0. The van der Waals surface area contributed by atoms with Gasteiger partial charge in [-0.1, -0.05) is 66.7 Å². The normalized spacial score (nSPS) is 10.6. The molecule has 0 saturated carbocycles. The molecule has 0 aliphatic heterocycles. The summed E-state index contributed by atoms with van der Waals surface area (Å²) in [6, 6.07) is 22.6. The van der Waals surface area contributed by atoms with Crippen LogP contribution in [0.25, 0.3) is 16.3 Å². The number of hydrogen-bond donors (Lipinski definition) is 0. The fraction of sp³-hybridized carbons (Fsp3) is 0.0526. The largest absolute Gasteiger partial charge is 0.274 e. The Labute approximate surface area is 122 Å². The highest BCUT2D eigenvalue weighted by atomic mass is 19.3. The monoisotopic (exact) mass is 280 g/mol. The first-order valence-corrected chi connectivity index (χ1v) is 6.81. The van der Waals surface area contributed by atoms with Crippen molar-refractivity contribution in [2.45, 2.75) is 6.42 Å². The molecule has 0 unspecified atom stereocenters. The fourth-order valence-corrected chi connectivity index (χ4v) is 2.46. The van der Waals surface area contributed by atoms with E-state index < -0.39 is 6.08 Å². The molecule has 104 valence electrons. The first-order chi connectivity index (χ1) is 10.2. The van der Waals surface area contributed by atoms with Gasteiger partial charge in [-0.2, -0.15) is 8.78 Å². The fourth-order valence-electron chi connectivity index (χ4n) is 2.46. The standard InChI is InChI=1S/C19H14F2/c20-19(21)18(12-14-6-2-1-3-7-14)17-11-10-15-8-4-5-9-16(15)13-17/h1-11,13H,12H2. The van der Waals surface area contributed by atoms with Gasteiger partial charge in [-0.05, 0) is 28.0 Å². The van der Waals surface area contributed by atoms with Crippen LogP contribution in [0.1, 0.15) is 11.1 Å².